The topological polar surface area (TPSA) is 106 Å². The van der Waals surface area contributed by atoms with E-state index in [1.165, 1.54) is 0 Å². The van der Waals surface area contributed by atoms with Crippen LogP contribution < -0.4 is 16.0 Å². The highest BCUT2D eigenvalue weighted by molar-refractivity contribution is 5.95. The van der Waals surface area contributed by atoms with Crippen molar-refractivity contribution >= 4 is 27.8 Å². The van der Waals surface area contributed by atoms with Crippen LogP contribution in [-0.2, 0) is 11.3 Å². The number of aromatic amines is 2. The molecule has 0 aliphatic rings. The Labute approximate surface area is 164 Å². The molecule has 0 unspecified atom stereocenters. The number of esters is 1. The van der Waals surface area contributed by atoms with Crippen LogP contribution in [0.5, 0.6) is 5.75 Å². The number of nitrogens with one attached hydrogen (secondary N) is 2. The van der Waals surface area contributed by atoms with Gasteiger partial charge < -0.3 is 19.4 Å². The van der Waals surface area contributed by atoms with Crippen molar-refractivity contribution in [1.82, 2.24) is 14.5 Å². The molecule has 0 bridgehead atoms. The largest absolute Gasteiger partial charge is 0.497 e. The second-order valence-electron chi connectivity index (χ2n) is 6.56. The normalized spacial score (nSPS) is 11.1. The smallest absolute Gasteiger partial charge is 0.354 e. The van der Waals surface area contributed by atoms with Crippen molar-refractivity contribution < 1.29 is 14.3 Å². The van der Waals surface area contributed by atoms with E-state index < -0.39 is 11.7 Å². The van der Waals surface area contributed by atoms with Gasteiger partial charge in [0.1, 0.15) is 11.4 Å². The van der Waals surface area contributed by atoms with Crippen molar-refractivity contribution in [3.63, 3.8) is 0 Å². The van der Waals surface area contributed by atoms with Gasteiger partial charge in [0.2, 0.25) is 0 Å². The number of ether oxygens (including phenoxy) is 2. The zero-order valence-electron chi connectivity index (χ0n) is 15.7. The van der Waals surface area contributed by atoms with E-state index in [0.29, 0.717) is 28.8 Å². The number of hydrogen-bond acceptors (Lipinski definition) is 5. The van der Waals surface area contributed by atoms with Crippen LogP contribution in [0.4, 0.5) is 0 Å². The molecule has 8 heteroatoms. The Hall–Kier alpha value is -3.81. The molecular formula is C21H19N3O5. The zero-order chi connectivity index (χ0) is 20.4. The van der Waals surface area contributed by atoms with Gasteiger partial charge in [0.25, 0.3) is 5.56 Å². The summed E-state index contributed by atoms with van der Waals surface area (Å²) in [5.74, 6) is 0.185. The first-order valence-corrected chi connectivity index (χ1v) is 9.12. The first-order valence-electron chi connectivity index (χ1n) is 9.12. The molecule has 8 nitrogen and oxygen atoms in total. The molecule has 0 atom stereocenters. The molecule has 2 heterocycles. The van der Waals surface area contributed by atoms with Crippen LogP contribution in [0.25, 0.3) is 21.8 Å². The zero-order valence-corrected chi connectivity index (χ0v) is 15.7. The van der Waals surface area contributed by atoms with Gasteiger partial charge in [0.15, 0.2) is 0 Å². The third kappa shape index (κ3) is 3.64. The molecule has 0 saturated carbocycles. The SMILES string of the molecule is COc1ccc2cc(C(=O)OCCCn3c(=O)[nH]c4ccccc4c3=O)[nH]c2c1. The quantitative estimate of drug-likeness (QED) is 0.387. The Morgan fingerprint density at radius 1 is 1.03 bits per heavy atom. The number of aromatic nitrogens is 3. The van der Waals surface area contributed by atoms with Crippen molar-refractivity contribution in [2.24, 2.45) is 0 Å². The number of benzene rings is 2. The number of rotatable bonds is 6. The van der Waals surface area contributed by atoms with Crippen molar-refractivity contribution in [2.75, 3.05) is 13.7 Å². The molecule has 0 saturated heterocycles. The maximum Gasteiger partial charge on any atom is 0.354 e. The molecule has 0 aliphatic carbocycles. The van der Waals surface area contributed by atoms with Gasteiger partial charge >= 0.3 is 11.7 Å². The summed E-state index contributed by atoms with van der Waals surface area (Å²) in [6, 6.07) is 14.0. The molecule has 0 spiro atoms. The minimum Gasteiger partial charge on any atom is -0.497 e. The van der Waals surface area contributed by atoms with Crippen LogP contribution in [0.15, 0.2) is 58.1 Å². The number of carbonyl (C=O) groups excluding carboxylic acids is 1. The maximum atomic E-state index is 12.5. The minimum atomic E-state index is -0.500. The molecular weight excluding hydrogens is 374 g/mol. The summed E-state index contributed by atoms with van der Waals surface area (Å²) in [4.78, 5) is 42.6. The molecule has 29 heavy (non-hydrogen) atoms. The van der Waals surface area contributed by atoms with Crippen LogP contribution in [0.3, 0.4) is 0 Å². The molecule has 4 aromatic rings. The lowest BCUT2D eigenvalue weighted by molar-refractivity contribution is 0.0489. The van der Waals surface area contributed by atoms with Crippen LogP contribution >= 0.6 is 0 Å². The third-order valence-corrected chi connectivity index (χ3v) is 4.70. The van der Waals surface area contributed by atoms with Crippen LogP contribution in [0.1, 0.15) is 16.9 Å². The molecule has 4 rings (SSSR count). The number of para-hydroxylation sites is 1. The first-order chi connectivity index (χ1) is 14.1. The van der Waals surface area contributed by atoms with E-state index in [0.717, 1.165) is 15.5 Å². The Balaban J connectivity index is 1.41. The molecule has 0 amide bonds. The monoisotopic (exact) mass is 393 g/mol. The molecule has 0 aliphatic heterocycles. The highest BCUT2D eigenvalue weighted by Crippen LogP contribution is 2.21. The van der Waals surface area contributed by atoms with Gasteiger partial charge in [-0.15, -0.1) is 0 Å². The summed E-state index contributed by atoms with van der Waals surface area (Å²) in [5, 5.41) is 1.31. The summed E-state index contributed by atoms with van der Waals surface area (Å²) in [5.41, 5.74) is 0.755. The summed E-state index contributed by atoms with van der Waals surface area (Å²) < 4.78 is 11.6. The highest BCUT2D eigenvalue weighted by atomic mass is 16.5. The predicted molar refractivity (Wildman–Crippen MR) is 109 cm³/mol. The van der Waals surface area contributed by atoms with Gasteiger partial charge in [-0.25, -0.2) is 9.59 Å². The van der Waals surface area contributed by atoms with Crippen LogP contribution in [0.2, 0.25) is 0 Å². The molecule has 2 aromatic heterocycles. The lowest BCUT2D eigenvalue weighted by atomic mass is 10.2. The van der Waals surface area contributed by atoms with E-state index in [4.69, 9.17) is 9.47 Å². The van der Waals surface area contributed by atoms with Gasteiger partial charge in [-0.2, -0.15) is 0 Å². The average molecular weight is 393 g/mol. The summed E-state index contributed by atoms with van der Waals surface area (Å²) in [6.45, 7) is 0.229. The van der Waals surface area contributed by atoms with E-state index in [9.17, 15) is 14.4 Å². The van der Waals surface area contributed by atoms with Crippen molar-refractivity contribution in [2.45, 2.75) is 13.0 Å². The first kappa shape index (κ1) is 18.5. The number of methoxy groups -OCH3 is 1. The number of fused-ring (bicyclic) bond motifs is 2. The van der Waals surface area contributed by atoms with E-state index in [-0.39, 0.29) is 18.7 Å². The molecule has 0 fully saturated rings. The standard InChI is InChI=1S/C21H19N3O5/c1-28-14-8-7-13-11-18(22-17(13)12-14)20(26)29-10-4-9-24-19(25)15-5-2-3-6-16(15)23-21(24)27/h2-3,5-8,11-12,22H,4,9-10H2,1H3,(H,23,27). The fraction of sp³-hybridized carbons (Fsp3) is 0.190. The van der Waals surface area contributed by atoms with Gasteiger partial charge in [-0.05, 0) is 36.8 Å². The van der Waals surface area contributed by atoms with Crippen molar-refractivity contribution in [3.05, 3.63) is 75.1 Å². The summed E-state index contributed by atoms with van der Waals surface area (Å²) in [6.07, 6.45) is 0.334. The number of nitrogens with zero attached hydrogens (tertiary/aromatic N) is 1. The van der Waals surface area contributed by atoms with Gasteiger partial charge in [-0.1, -0.05) is 12.1 Å². The Bertz CT molecular complexity index is 1320. The molecule has 2 N–H and O–H groups in total. The second-order valence-corrected chi connectivity index (χ2v) is 6.56. The van der Waals surface area contributed by atoms with Crippen LogP contribution in [-0.4, -0.2) is 34.2 Å². The van der Waals surface area contributed by atoms with Gasteiger partial charge in [-0.3, -0.25) is 9.36 Å². The van der Waals surface area contributed by atoms with E-state index in [1.54, 1.807) is 43.5 Å². The maximum absolute atomic E-state index is 12.5. The fourth-order valence-corrected chi connectivity index (χ4v) is 3.21. The van der Waals surface area contributed by atoms with E-state index in [1.807, 2.05) is 12.1 Å². The Morgan fingerprint density at radius 3 is 2.69 bits per heavy atom. The lowest BCUT2D eigenvalue weighted by Gasteiger charge is -2.07. The van der Waals surface area contributed by atoms with E-state index in [2.05, 4.69) is 9.97 Å². The summed E-state index contributed by atoms with van der Waals surface area (Å²) >= 11 is 0. The molecule has 2 aromatic carbocycles. The van der Waals surface area contributed by atoms with Gasteiger partial charge in [0.05, 0.1) is 24.6 Å². The lowest BCUT2D eigenvalue weighted by Crippen LogP contribution is -2.35. The third-order valence-electron chi connectivity index (χ3n) is 4.70. The number of hydrogen-bond donors (Lipinski definition) is 2. The second kappa shape index (κ2) is 7.67. The number of carbonyl (C=O) groups is 1. The van der Waals surface area contributed by atoms with Crippen LogP contribution in [0, 0.1) is 0 Å². The predicted octanol–water partition coefficient (Wildman–Crippen LogP) is 2.43. The highest BCUT2D eigenvalue weighted by Gasteiger charge is 2.12. The Kier molecular flexibility index (Phi) is 4.90. The minimum absolute atomic E-state index is 0.0796. The summed E-state index contributed by atoms with van der Waals surface area (Å²) in [7, 11) is 1.57. The van der Waals surface area contributed by atoms with E-state index >= 15 is 0 Å². The fourth-order valence-electron chi connectivity index (χ4n) is 3.21. The average Bonchev–Trinajstić information content (AvgIpc) is 3.16. The molecule has 148 valence electrons. The molecule has 0 radical (unpaired) electrons. The number of H-pyrrole nitrogens is 2. The van der Waals surface area contributed by atoms with Crippen molar-refractivity contribution in [1.29, 1.82) is 0 Å². The Morgan fingerprint density at radius 2 is 1.86 bits per heavy atom. The van der Waals surface area contributed by atoms with Crippen molar-refractivity contribution in [3.8, 4) is 5.75 Å². The van der Waals surface area contributed by atoms with Gasteiger partial charge in [0, 0.05) is 23.5 Å².